The maximum absolute atomic E-state index is 12.6. The van der Waals surface area contributed by atoms with Crippen LogP contribution in [0.1, 0.15) is 6.92 Å². The zero-order valence-electron chi connectivity index (χ0n) is 15.0. The second-order valence-corrected chi connectivity index (χ2v) is 7.14. The Morgan fingerprint density at radius 3 is 2.74 bits per heavy atom. The quantitative estimate of drug-likeness (QED) is 0.395. The van der Waals surface area contributed by atoms with E-state index >= 15 is 0 Å². The van der Waals surface area contributed by atoms with E-state index in [0.29, 0.717) is 10.9 Å². The van der Waals surface area contributed by atoms with E-state index in [-0.39, 0.29) is 17.3 Å². The molecular formula is C18H18N4O4S. The predicted molar refractivity (Wildman–Crippen MR) is 104 cm³/mol. The monoisotopic (exact) mass is 386 g/mol. The van der Waals surface area contributed by atoms with Gasteiger partial charge in [-0.3, -0.25) is 14.9 Å². The summed E-state index contributed by atoms with van der Waals surface area (Å²) in [4.78, 5) is 27.6. The number of rotatable bonds is 6. The molecule has 1 N–H and O–H groups in total. The van der Waals surface area contributed by atoms with Crippen LogP contribution in [0.4, 0.5) is 11.4 Å². The van der Waals surface area contributed by atoms with Gasteiger partial charge in [-0.1, -0.05) is 23.9 Å². The fourth-order valence-corrected chi connectivity index (χ4v) is 3.47. The average Bonchev–Trinajstić information content (AvgIpc) is 2.97. The van der Waals surface area contributed by atoms with E-state index in [1.165, 1.54) is 37.1 Å². The third-order valence-electron chi connectivity index (χ3n) is 4.05. The van der Waals surface area contributed by atoms with Crippen molar-refractivity contribution in [1.82, 2.24) is 9.55 Å². The highest BCUT2D eigenvalue weighted by Crippen LogP contribution is 2.31. The Kier molecular flexibility index (Phi) is 5.31. The Morgan fingerprint density at radius 1 is 1.33 bits per heavy atom. The molecule has 27 heavy (non-hydrogen) atoms. The number of fused-ring (bicyclic) bond motifs is 1. The lowest BCUT2D eigenvalue weighted by atomic mass is 10.2. The van der Waals surface area contributed by atoms with Gasteiger partial charge in [0.05, 0.1) is 34.0 Å². The third kappa shape index (κ3) is 3.87. The molecule has 3 aromatic rings. The number of nitrogens with one attached hydrogen (secondary N) is 1. The molecule has 0 fully saturated rings. The fraction of sp³-hybridized carbons (Fsp3) is 0.222. The van der Waals surface area contributed by atoms with Crippen molar-refractivity contribution >= 4 is 40.1 Å². The number of aromatic nitrogens is 2. The summed E-state index contributed by atoms with van der Waals surface area (Å²) in [5.41, 5.74) is 1.97. The summed E-state index contributed by atoms with van der Waals surface area (Å²) in [6, 6.07) is 11.8. The predicted octanol–water partition coefficient (Wildman–Crippen LogP) is 3.61. The van der Waals surface area contributed by atoms with Gasteiger partial charge in [0.1, 0.15) is 5.75 Å². The van der Waals surface area contributed by atoms with Crippen molar-refractivity contribution in [1.29, 1.82) is 0 Å². The van der Waals surface area contributed by atoms with Crippen molar-refractivity contribution in [3.8, 4) is 5.75 Å². The number of methoxy groups -OCH3 is 1. The van der Waals surface area contributed by atoms with Crippen LogP contribution < -0.4 is 10.1 Å². The van der Waals surface area contributed by atoms with Crippen molar-refractivity contribution < 1.29 is 14.5 Å². The second-order valence-electron chi connectivity index (χ2n) is 5.83. The molecule has 1 heterocycles. The number of ether oxygens (including phenoxy) is 1. The average molecular weight is 386 g/mol. The Labute approximate surface area is 159 Å². The first-order valence-electron chi connectivity index (χ1n) is 8.12. The standard InChI is InChI=1S/C18H18N4O4S/c1-11(27-18-20-13-6-4-5-7-15(13)21(18)2)17(23)19-14-10-12(22(24)25)8-9-16(14)26-3/h4-11H,1-3H3,(H,19,23). The minimum absolute atomic E-state index is 0.123. The number of imidazole rings is 1. The van der Waals surface area contributed by atoms with Crippen LogP contribution in [0.15, 0.2) is 47.6 Å². The highest BCUT2D eigenvalue weighted by molar-refractivity contribution is 8.00. The summed E-state index contributed by atoms with van der Waals surface area (Å²) in [5.74, 6) is 0.0553. The fourth-order valence-electron chi connectivity index (χ4n) is 2.58. The number of benzene rings is 2. The third-order valence-corrected chi connectivity index (χ3v) is 5.19. The van der Waals surface area contributed by atoms with Gasteiger partial charge in [-0.25, -0.2) is 4.98 Å². The molecule has 3 rings (SSSR count). The number of carbonyl (C=O) groups excluding carboxylic acids is 1. The highest BCUT2D eigenvalue weighted by atomic mass is 32.2. The van der Waals surface area contributed by atoms with Gasteiger partial charge in [-0.05, 0) is 25.1 Å². The van der Waals surface area contributed by atoms with Crippen LogP contribution >= 0.6 is 11.8 Å². The molecule has 0 radical (unpaired) electrons. The molecule has 9 heteroatoms. The Balaban J connectivity index is 1.78. The van der Waals surface area contributed by atoms with E-state index in [0.717, 1.165) is 11.0 Å². The van der Waals surface area contributed by atoms with Crippen LogP contribution in [0.25, 0.3) is 11.0 Å². The van der Waals surface area contributed by atoms with Gasteiger partial charge in [0, 0.05) is 19.2 Å². The molecule has 1 amide bonds. The van der Waals surface area contributed by atoms with Crippen LogP contribution in [0.3, 0.4) is 0 Å². The van der Waals surface area contributed by atoms with Gasteiger partial charge in [-0.2, -0.15) is 0 Å². The number of hydrogen-bond donors (Lipinski definition) is 1. The molecule has 0 saturated carbocycles. The van der Waals surface area contributed by atoms with E-state index in [2.05, 4.69) is 10.3 Å². The van der Waals surface area contributed by atoms with Crippen molar-refractivity contribution in [2.24, 2.45) is 7.05 Å². The second kappa shape index (κ2) is 7.67. The molecule has 140 valence electrons. The van der Waals surface area contributed by atoms with Gasteiger partial charge in [-0.15, -0.1) is 0 Å². The van der Waals surface area contributed by atoms with E-state index in [4.69, 9.17) is 4.74 Å². The molecule has 0 saturated heterocycles. The minimum atomic E-state index is -0.521. The zero-order chi connectivity index (χ0) is 19.6. The van der Waals surface area contributed by atoms with Crippen LogP contribution in [0.2, 0.25) is 0 Å². The SMILES string of the molecule is COc1ccc([N+](=O)[O-])cc1NC(=O)C(C)Sc1nc2ccccc2n1C. The Morgan fingerprint density at radius 2 is 2.07 bits per heavy atom. The number of thioether (sulfide) groups is 1. The number of amides is 1. The van der Waals surface area contributed by atoms with Crippen molar-refractivity contribution in [2.75, 3.05) is 12.4 Å². The molecule has 0 bridgehead atoms. The highest BCUT2D eigenvalue weighted by Gasteiger charge is 2.21. The Hall–Kier alpha value is -3.07. The summed E-state index contributed by atoms with van der Waals surface area (Å²) in [6.45, 7) is 1.75. The van der Waals surface area contributed by atoms with Gasteiger partial charge >= 0.3 is 0 Å². The van der Waals surface area contributed by atoms with Gasteiger partial charge in [0.25, 0.3) is 5.69 Å². The largest absolute Gasteiger partial charge is 0.495 e. The number of nitro groups is 1. The molecule has 0 spiro atoms. The van der Waals surface area contributed by atoms with Crippen LogP contribution in [0, 0.1) is 10.1 Å². The smallest absolute Gasteiger partial charge is 0.271 e. The van der Waals surface area contributed by atoms with E-state index in [1.54, 1.807) is 6.92 Å². The van der Waals surface area contributed by atoms with Gasteiger partial charge < -0.3 is 14.6 Å². The summed E-state index contributed by atoms with van der Waals surface area (Å²) in [7, 11) is 3.33. The minimum Gasteiger partial charge on any atom is -0.495 e. The first-order valence-corrected chi connectivity index (χ1v) is 9.00. The summed E-state index contributed by atoms with van der Waals surface area (Å²) >= 11 is 1.31. The molecule has 2 aromatic carbocycles. The Bertz CT molecular complexity index is 1020. The first-order chi connectivity index (χ1) is 12.9. The lowest BCUT2D eigenvalue weighted by Gasteiger charge is -2.14. The molecule has 1 atom stereocenters. The summed E-state index contributed by atoms with van der Waals surface area (Å²) < 4.78 is 7.11. The summed E-state index contributed by atoms with van der Waals surface area (Å²) in [6.07, 6.45) is 0. The van der Waals surface area contributed by atoms with Gasteiger partial charge in [0.2, 0.25) is 5.91 Å². The topological polar surface area (TPSA) is 99.3 Å². The maximum Gasteiger partial charge on any atom is 0.271 e. The van der Waals surface area contributed by atoms with Crippen LogP contribution in [-0.4, -0.2) is 32.7 Å². The number of para-hydroxylation sites is 2. The van der Waals surface area contributed by atoms with Crippen LogP contribution in [0.5, 0.6) is 5.75 Å². The van der Waals surface area contributed by atoms with E-state index < -0.39 is 10.2 Å². The molecule has 1 unspecified atom stereocenters. The molecule has 0 aliphatic heterocycles. The molecule has 8 nitrogen and oxygen atoms in total. The number of nitrogens with zero attached hydrogens (tertiary/aromatic N) is 3. The molecular weight excluding hydrogens is 368 g/mol. The maximum atomic E-state index is 12.6. The normalized spacial score (nSPS) is 12.0. The number of nitro benzene ring substituents is 1. The lowest BCUT2D eigenvalue weighted by Crippen LogP contribution is -2.23. The molecule has 1 aromatic heterocycles. The van der Waals surface area contributed by atoms with Crippen molar-refractivity contribution in [3.05, 3.63) is 52.6 Å². The zero-order valence-corrected chi connectivity index (χ0v) is 15.8. The van der Waals surface area contributed by atoms with E-state index in [9.17, 15) is 14.9 Å². The molecule has 0 aliphatic rings. The van der Waals surface area contributed by atoms with Crippen molar-refractivity contribution in [2.45, 2.75) is 17.3 Å². The molecule has 0 aliphatic carbocycles. The summed E-state index contributed by atoms with van der Waals surface area (Å²) in [5, 5.41) is 13.9. The first kappa shape index (κ1) is 18.7. The van der Waals surface area contributed by atoms with Gasteiger partial charge in [0.15, 0.2) is 5.16 Å². The van der Waals surface area contributed by atoms with E-state index in [1.807, 2.05) is 35.9 Å². The number of hydrogen-bond acceptors (Lipinski definition) is 6. The number of non-ortho nitro benzene ring substituents is 1. The van der Waals surface area contributed by atoms with Crippen molar-refractivity contribution in [3.63, 3.8) is 0 Å². The number of carbonyl (C=O) groups is 1. The number of anilines is 1. The number of aryl methyl sites for hydroxylation is 1. The lowest BCUT2D eigenvalue weighted by molar-refractivity contribution is -0.384. The van der Waals surface area contributed by atoms with Crippen LogP contribution in [-0.2, 0) is 11.8 Å².